The summed E-state index contributed by atoms with van der Waals surface area (Å²) in [5.74, 6) is -0.0439. The zero-order valence-corrected chi connectivity index (χ0v) is 16.7. The Labute approximate surface area is 164 Å². The first-order chi connectivity index (χ1) is 12.9. The molecule has 7 heteroatoms. The van der Waals surface area contributed by atoms with Gasteiger partial charge in [-0.05, 0) is 31.9 Å². The summed E-state index contributed by atoms with van der Waals surface area (Å²) in [4.78, 5) is 26.8. The van der Waals surface area contributed by atoms with Gasteiger partial charge < -0.3 is 10.2 Å². The number of para-hydroxylation sites is 1. The Hall–Kier alpha value is -2.34. The number of carbonyl (C=O) groups excluding carboxylic acids is 2. The number of nitrogens with zero attached hydrogens (tertiary/aromatic N) is 3. The summed E-state index contributed by atoms with van der Waals surface area (Å²) in [6.07, 6.45) is 1.49. The van der Waals surface area contributed by atoms with E-state index >= 15 is 0 Å². The standard InChI is InChI=1S/C20H25ClN4O2/c1-13(2)20(27)24-11-9-15(10-12-24)22-19(26)17-14(3)23-25(18(17)21)16-7-5-4-6-8-16/h4-8,13,15H,9-12H2,1-3H3,(H,22,26). The van der Waals surface area contributed by atoms with Crippen LogP contribution in [0.4, 0.5) is 0 Å². The fraction of sp³-hybridized carbons (Fsp3) is 0.450. The van der Waals surface area contributed by atoms with Crippen molar-refractivity contribution >= 4 is 23.4 Å². The normalized spacial score (nSPS) is 15.2. The van der Waals surface area contributed by atoms with Crippen molar-refractivity contribution in [3.63, 3.8) is 0 Å². The summed E-state index contributed by atoms with van der Waals surface area (Å²) >= 11 is 6.46. The summed E-state index contributed by atoms with van der Waals surface area (Å²) in [7, 11) is 0. The Bertz CT molecular complexity index is 824. The second-order valence-corrected chi connectivity index (χ2v) is 7.58. The maximum atomic E-state index is 12.8. The summed E-state index contributed by atoms with van der Waals surface area (Å²) in [5.41, 5.74) is 1.81. The third-order valence-electron chi connectivity index (χ3n) is 4.87. The number of piperidine rings is 1. The Morgan fingerprint density at radius 1 is 1.19 bits per heavy atom. The third-order valence-corrected chi connectivity index (χ3v) is 5.22. The number of amides is 2. The Morgan fingerprint density at radius 3 is 2.41 bits per heavy atom. The van der Waals surface area contributed by atoms with Gasteiger partial charge in [-0.15, -0.1) is 0 Å². The van der Waals surface area contributed by atoms with Crippen molar-refractivity contribution in [2.45, 2.75) is 39.7 Å². The average molecular weight is 389 g/mol. The van der Waals surface area contributed by atoms with Crippen molar-refractivity contribution in [2.24, 2.45) is 5.92 Å². The van der Waals surface area contributed by atoms with Crippen LogP contribution in [0.2, 0.25) is 5.15 Å². The zero-order chi connectivity index (χ0) is 19.6. The van der Waals surface area contributed by atoms with E-state index < -0.39 is 0 Å². The predicted octanol–water partition coefficient (Wildman–Crippen LogP) is 3.21. The van der Waals surface area contributed by atoms with E-state index in [1.165, 1.54) is 0 Å². The Kier molecular flexibility index (Phi) is 5.85. The molecule has 0 spiro atoms. The van der Waals surface area contributed by atoms with Gasteiger partial charge in [0.15, 0.2) is 0 Å². The van der Waals surface area contributed by atoms with Crippen LogP contribution in [0.3, 0.4) is 0 Å². The van der Waals surface area contributed by atoms with Gasteiger partial charge in [0.05, 0.1) is 16.9 Å². The van der Waals surface area contributed by atoms with Crippen molar-refractivity contribution in [3.05, 3.63) is 46.7 Å². The van der Waals surface area contributed by atoms with E-state index in [0.717, 1.165) is 18.5 Å². The molecule has 0 saturated carbocycles. The molecule has 1 aliphatic heterocycles. The van der Waals surface area contributed by atoms with E-state index in [1.54, 1.807) is 11.6 Å². The van der Waals surface area contributed by atoms with Gasteiger partial charge in [0, 0.05) is 25.0 Å². The number of aryl methyl sites for hydroxylation is 1. The monoisotopic (exact) mass is 388 g/mol. The molecule has 1 aliphatic rings. The molecule has 0 radical (unpaired) electrons. The SMILES string of the molecule is Cc1nn(-c2ccccc2)c(Cl)c1C(=O)NC1CCN(C(=O)C(C)C)CC1. The summed E-state index contributed by atoms with van der Waals surface area (Å²) in [6, 6.07) is 9.52. The number of hydrogen-bond acceptors (Lipinski definition) is 3. The quantitative estimate of drug-likeness (QED) is 0.874. The van der Waals surface area contributed by atoms with Gasteiger partial charge in [-0.2, -0.15) is 5.10 Å². The highest BCUT2D eigenvalue weighted by Crippen LogP contribution is 2.24. The van der Waals surface area contributed by atoms with Crippen LogP contribution in [0.25, 0.3) is 5.69 Å². The number of benzene rings is 1. The zero-order valence-electron chi connectivity index (χ0n) is 15.9. The highest BCUT2D eigenvalue weighted by molar-refractivity contribution is 6.33. The fourth-order valence-electron chi connectivity index (χ4n) is 3.36. The van der Waals surface area contributed by atoms with Crippen LogP contribution in [0, 0.1) is 12.8 Å². The molecule has 2 aromatic rings. The third kappa shape index (κ3) is 4.16. The Morgan fingerprint density at radius 2 is 1.81 bits per heavy atom. The van der Waals surface area contributed by atoms with Crippen molar-refractivity contribution in [2.75, 3.05) is 13.1 Å². The number of carbonyl (C=O) groups is 2. The average Bonchev–Trinajstić information content (AvgIpc) is 2.96. The molecular weight excluding hydrogens is 364 g/mol. The molecule has 1 saturated heterocycles. The molecule has 1 fully saturated rings. The van der Waals surface area contributed by atoms with Crippen LogP contribution in [0.5, 0.6) is 0 Å². The van der Waals surface area contributed by atoms with Crippen LogP contribution in [-0.4, -0.2) is 45.6 Å². The highest BCUT2D eigenvalue weighted by atomic mass is 35.5. The molecule has 1 N–H and O–H groups in total. The molecule has 144 valence electrons. The molecule has 2 amide bonds. The molecule has 0 atom stereocenters. The van der Waals surface area contributed by atoms with Crippen molar-refractivity contribution in [3.8, 4) is 5.69 Å². The fourth-order valence-corrected chi connectivity index (χ4v) is 3.72. The first-order valence-corrected chi connectivity index (χ1v) is 9.66. The van der Waals surface area contributed by atoms with E-state index in [2.05, 4.69) is 10.4 Å². The highest BCUT2D eigenvalue weighted by Gasteiger charge is 2.27. The number of rotatable bonds is 4. The van der Waals surface area contributed by atoms with E-state index in [4.69, 9.17) is 11.6 Å². The molecule has 27 heavy (non-hydrogen) atoms. The van der Waals surface area contributed by atoms with Crippen LogP contribution in [-0.2, 0) is 4.79 Å². The van der Waals surface area contributed by atoms with E-state index in [9.17, 15) is 9.59 Å². The smallest absolute Gasteiger partial charge is 0.256 e. The van der Waals surface area contributed by atoms with Gasteiger partial charge in [0.25, 0.3) is 5.91 Å². The summed E-state index contributed by atoms with van der Waals surface area (Å²) in [5, 5.41) is 7.78. The minimum Gasteiger partial charge on any atom is -0.349 e. The minimum atomic E-state index is -0.215. The molecule has 1 aromatic carbocycles. The molecule has 1 aromatic heterocycles. The van der Waals surface area contributed by atoms with Gasteiger partial charge >= 0.3 is 0 Å². The van der Waals surface area contributed by atoms with E-state index in [0.29, 0.717) is 29.5 Å². The number of nitrogens with one attached hydrogen (secondary N) is 1. The molecule has 3 rings (SSSR count). The molecule has 0 aliphatic carbocycles. The molecule has 0 unspecified atom stereocenters. The maximum absolute atomic E-state index is 12.8. The van der Waals surface area contributed by atoms with Crippen LogP contribution in [0.15, 0.2) is 30.3 Å². The molecule has 2 heterocycles. The van der Waals surface area contributed by atoms with Crippen molar-refractivity contribution < 1.29 is 9.59 Å². The van der Waals surface area contributed by atoms with E-state index in [-0.39, 0.29) is 23.8 Å². The predicted molar refractivity (Wildman–Crippen MR) is 105 cm³/mol. The Balaban J connectivity index is 1.68. The number of halogens is 1. The van der Waals surface area contributed by atoms with Gasteiger partial charge in [0.2, 0.25) is 5.91 Å². The van der Waals surface area contributed by atoms with Gasteiger partial charge in [-0.1, -0.05) is 43.6 Å². The van der Waals surface area contributed by atoms with E-state index in [1.807, 2.05) is 49.1 Å². The maximum Gasteiger partial charge on any atom is 0.256 e. The molecule has 0 bridgehead atoms. The van der Waals surface area contributed by atoms with Crippen molar-refractivity contribution in [1.29, 1.82) is 0 Å². The van der Waals surface area contributed by atoms with Crippen LogP contribution < -0.4 is 5.32 Å². The first kappa shape index (κ1) is 19.4. The lowest BCUT2D eigenvalue weighted by Crippen LogP contribution is -2.47. The summed E-state index contributed by atoms with van der Waals surface area (Å²) in [6.45, 7) is 6.93. The number of likely N-dealkylation sites (tertiary alicyclic amines) is 1. The number of aromatic nitrogens is 2. The van der Waals surface area contributed by atoms with Gasteiger partial charge in [-0.3, -0.25) is 9.59 Å². The second kappa shape index (κ2) is 8.13. The van der Waals surface area contributed by atoms with Gasteiger partial charge in [-0.25, -0.2) is 4.68 Å². The van der Waals surface area contributed by atoms with Crippen molar-refractivity contribution in [1.82, 2.24) is 20.0 Å². The minimum absolute atomic E-state index is 0.00132. The van der Waals surface area contributed by atoms with Crippen LogP contribution >= 0.6 is 11.6 Å². The van der Waals surface area contributed by atoms with Crippen LogP contribution in [0.1, 0.15) is 42.7 Å². The topological polar surface area (TPSA) is 67.2 Å². The lowest BCUT2D eigenvalue weighted by Gasteiger charge is -2.33. The largest absolute Gasteiger partial charge is 0.349 e. The number of hydrogen-bond donors (Lipinski definition) is 1. The first-order valence-electron chi connectivity index (χ1n) is 9.28. The second-order valence-electron chi connectivity index (χ2n) is 7.23. The lowest BCUT2D eigenvalue weighted by molar-refractivity contribution is -0.135. The molecule has 6 nitrogen and oxygen atoms in total. The lowest BCUT2D eigenvalue weighted by atomic mass is 10.0. The summed E-state index contributed by atoms with van der Waals surface area (Å²) < 4.78 is 1.58. The van der Waals surface area contributed by atoms with Gasteiger partial charge in [0.1, 0.15) is 5.15 Å². The molecular formula is C20H25ClN4O2.